The summed E-state index contributed by atoms with van der Waals surface area (Å²) in [6, 6.07) is 9.51. The number of benzene rings is 1. The molecule has 0 aliphatic carbocycles. The molecule has 0 radical (unpaired) electrons. The molecule has 0 fully saturated rings. The van der Waals surface area contributed by atoms with Crippen LogP contribution in [0.1, 0.15) is 35.7 Å². The van der Waals surface area contributed by atoms with E-state index in [1.165, 1.54) is 0 Å². The van der Waals surface area contributed by atoms with Crippen molar-refractivity contribution in [1.29, 1.82) is 0 Å². The molecule has 0 aliphatic heterocycles. The summed E-state index contributed by atoms with van der Waals surface area (Å²) in [5.41, 5.74) is 2.40. The van der Waals surface area contributed by atoms with Crippen LogP contribution in [0.4, 0.5) is 5.69 Å². The van der Waals surface area contributed by atoms with Crippen molar-refractivity contribution in [2.75, 3.05) is 18.9 Å². The topological polar surface area (TPSA) is 45.2 Å². The second-order valence-electron chi connectivity index (χ2n) is 5.49. The van der Waals surface area contributed by atoms with Gasteiger partial charge < -0.3 is 10.2 Å². The van der Waals surface area contributed by atoms with Crippen LogP contribution in [-0.2, 0) is 6.54 Å². The number of rotatable bonds is 7. The van der Waals surface area contributed by atoms with Gasteiger partial charge in [-0.1, -0.05) is 43.1 Å². The zero-order valence-electron chi connectivity index (χ0n) is 13.6. The predicted octanol–water partition coefficient (Wildman–Crippen LogP) is 4.22. The van der Waals surface area contributed by atoms with Crippen molar-refractivity contribution < 1.29 is 4.79 Å². The summed E-state index contributed by atoms with van der Waals surface area (Å²) in [6.45, 7) is 3.45. The second-order valence-corrected chi connectivity index (χ2v) is 5.89. The highest BCUT2D eigenvalue weighted by Gasteiger charge is 2.12. The number of hydrogen-bond acceptors (Lipinski definition) is 3. The minimum Gasteiger partial charge on any atom is -0.380 e. The number of hydrogen-bond donors (Lipinski definition) is 1. The first-order valence-corrected chi connectivity index (χ1v) is 8.17. The third kappa shape index (κ3) is 4.96. The van der Waals surface area contributed by atoms with E-state index >= 15 is 0 Å². The molecule has 23 heavy (non-hydrogen) atoms. The fraction of sp³-hybridized carbons (Fsp3) is 0.333. The van der Waals surface area contributed by atoms with Crippen LogP contribution >= 0.6 is 11.6 Å². The lowest BCUT2D eigenvalue weighted by atomic mass is 10.2. The molecule has 4 nitrogen and oxygen atoms in total. The second kappa shape index (κ2) is 8.53. The Morgan fingerprint density at radius 1 is 1.30 bits per heavy atom. The molecule has 0 saturated carbocycles. The minimum absolute atomic E-state index is 0.00709. The van der Waals surface area contributed by atoms with Crippen molar-refractivity contribution in [3.63, 3.8) is 0 Å². The first-order chi connectivity index (χ1) is 11.1. The van der Waals surface area contributed by atoms with Gasteiger partial charge >= 0.3 is 0 Å². The maximum atomic E-state index is 12.4. The van der Waals surface area contributed by atoms with Crippen molar-refractivity contribution >= 4 is 23.2 Å². The molecule has 2 aromatic rings. The Hall–Kier alpha value is -2.07. The number of carbonyl (C=O) groups excluding carboxylic acids is 1. The Bertz CT molecular complexity index is 660. The minimum atomic E-state index is -0.00709. The predicted molar refractivity (Wildman–Crippen MR) is 94.9 cm³/mol. The Morgan fingerprint density at radius 3 is 2.83 bits per heavy atom. The maximum absolute atomic E-state index is 12.4. The van der Waals surface area contributed by atoms with E-state index in [-0.39, 0.29) is 5.91 Å². The van der Waals surface area contributed by atoms with Gasteiger partial charge in [-0.05, 0) is 24.1 Å². The van der Waals surface area contributed by atoms with E-state index in [1.807, 2.05) is 37.4 Å². The standard InChI is InChI=1S/C18H22ClN3O/c1-3-4-9-22(2)18(23)15-10-16(13-20-11-15)21-12-14-7-5-6-8-17(14)19/h5-8,10-11,13,21H,3-4,9,12H2,1-2H3. The zero-order valence-corrected chi connectivity index (χ0v) is 14.3. The van der Waals surface area contributed by atoms with E-state index in [1.54, 1.807) is 17.3 Å². The van der Waals surface area contributed by atoms with E-state index in [2.05, 4.69) is 17.2 Å². The first kappa shape index (κ1) is 17.3. The molecule has 1 aromatic heterocycles. The third-order valence-electron chi connectivity index (χ3n) is 3.62. The molecule has 0 saturated heterocycles. The van der Waals surface area contributed by atoms with Gasteiger partial charge in [0.2, 0.25) is 0 Å². The summed E-state index contributed by atoms with van der Waals surface area (Å²) in [6.07, 6.45) is 5.38. The Balaban J connectivity index is 2.02. The molecule has 5 heteroatoms. The number of nitrogens with one attached hydrogen (secondary N) is 1. The van der Waals surface area contributed by atoms with Gasteiger partial charge in [0.15, 0.2) is 0 Å². The molecule has 0 spiro atoms. The summed E-state index contributed by atoms with van der Waals surface area (Å²) < 4.78 is 0. The third-order valence-corrected chi connectivity index (χ3v) is 3.99. The first-order valence-electron chi connectivity index (χ1n) is 7.79. The Kier molecular flexibility index (Phi) is 6.41. The molecular formula is C18H22ClN3O. The SMILES string of the molecule is CCCCN(C)C(=O)c1cncc(NCc2ccccc2Cl)c1. The van der Waals surface area contributed by atoms with E-state index in [9.17, 15) is 4.79 Å². The quantitative estimate of drug-likeness (QED) is 0.826. The molecule has 0 atom stereocenters. The molecule has 1 aromatic carbocycles. The van der Waals surface area contributed by atoms with Crippen LogP contribution < -0.4 is 5.32 Å². The lowest BCUT2D eigenvalue weighted by Crippen LogP contribution is -2.27. The normalized spacial score (nSPS) is 10.4. The number of amides is 1. The number of unbranched alkanes of at least 4 members (excludes halogenated alkanes) is 1. The van der Waals surface area contributed by atoms with Crippen LogP contribution in [0.5, 0.6) is 0 Å². The molecule has 1 amide bonds. The molecule has 122 valence electrons. The lowest BCUT2D eigenvalue weighted by molar-refractivity contribution is 0.0793. The van der Waals surface area contributed by atoms with Crippen molar-refractivity contribution in [1.82, 2.24) is 9.88 Å². The van der Waals surface area contributed by atoms with Crippen LogP contribution in [0.3, 0.4) is 0 Å². The number of nitrogens with zero attached hydrogens (tertiary/aromatic N) is 2. The summed E-state index contributed by atoms with van der Waals surface area (Å²) in [5.74, 6) is -0.00709. The van der Waals surface area contributed by atoms with Gasteiger partial charge in [0, 0.05) is 37.6 Å². The number of halogens is 1. The highest BCUT2D eigenvalue weighted by Crippen LogP contribution is 2.17. The van der Waals surface area contributed by atoms with E-state index in [0.717, 1.165) is 35.7 Å². The Morgan fingerprint density at radius 2 is 2.09 bits per heavy atom. The van der Waals surface area contributed by atoms with Gasteiger partial charge in [0.25, 0.3) is 5.91 Å². The molecule has 0 unspecified atom stereocenters. The monoisotopic (exact) mass is 331 g/mol. The average Bonchev–Trinajstić information content (AvgIpc) is 2.58. The van der Waals surface area contributed by atoms with Gasteiger partial charge in [-0.25, -0.2) is 0 Å². The van der Waals surface area contributed by atoms with Gasteiger partial charge in [-0.3, -0.25) is 9.78 Å². The van der Waals surface area contributed by atoms with Crippen LogP contribution in [-0.4, -0.2) is 29.4 Å². The van der Waals surface area contributed by atoms with E-state index < -0.39 is 0 Å². The van der Waals surface area contributed by atoms with Crippen LogP contribution in [0.15, 0.2) is 42.7 Å². The summed E-state index contributed by atoms with van der Waals surface area (Å²) in [5, 5.41) is 3.98. The summed E-state index contributed by atoms with van der Waals surface area (Å²) in [7, 11) is 1.82. The maximum Gasteiger partial charge on any atom is 0.255 e. The fourth-order valence-corrected chi connectivity index (χ4v) is 2.41. The Labute approximate surface area is 142 Å². The van der Waals surface area contributed by atoms with Gasteiger partial charge in [0.05, 0.1) is 11.3 Å². The molecule has 0 bridgehead atoms. The molecule has 2 rings (SSSR count). The fourth-order valence-electron chi connectivity index (χ4n) is 2.21. The van der Waals surface area contributed by atoms with Crippen molar-refractivity contribution in [2.45, 2.75) is 26.3 Å². The van der Waals surface area contributed by atoms with E-state index in [4.69, 9.17) is 11.6 Å². The number of carbonyl (C=O) groups is 1. The summed E-state index contributed by atoms with van der Waals surface area (Å²) in [4.78, 5) is 18.3. The number of aromatic nitrogens is 1. The lowest BCUT2D eigenvalue weighted by Gasteiger charge is -2.17. The van der Waals surface area contributed by atoms with Gasteiger partial charge in [0.1, 0.15) is 0 Å². The van der Waals surface area contributed by atoms with Crippen molar-refractivity contribution in [2.24, 2.45) is 0 Å². The average molecular weight is 332 g/mol. The van der Waals surface area contributed by atoms with Crippen LogP contribution in [0.2, 0.25) is 5.02 Å². The van der Waals surface area contributed by atoms with Gasteiger partial charge in [-0.15, -0.1) is 0 Å². The van der Waals surface area contributed by atoms with Crippen molar-refractivity contribution in [3.8, 4) is 0 Å². The smallest absolute Gasteiger partial charge is 0.255 e. The van der Waals surface area contributed by atoms with Crippen LogP contribution in [0.25, 0.3) is 0 Å². The number of pyridine rings is 1. The molecule has 1 N–H and O–H groups in total. The summed E-state index contributed by atoms with van der Waals surface area (Å²) >= 11 is 6.15. The van der Waals surface area contributed by atoms with Crippen molar-refractivity contribution in [3.05, 3.63) is 58.9 Å². The number of anilines is 1. The van der Waals surface area contributed by atoms with E-state index in [0.29, 0.717) is 12.1 Å². The highest BCUT2D eigenvalue weighted by molar-refractivity contribution is 6.31. The largest absolute Gasteiger partial charge is 0.380 e. The molecule has 0 aliphatic rings. The highest BCUT2D eigenvalue weighted by atomic mass is 35.5. The van der Waals surface area contributed by atoms with Gasteiger partial charge in [-0.2, -0.15) is 0 Å². The molecular weight excluding hydrogens is 310 g/mol. The zero-order chi connectivity index (χ0) is 16.7. The molecule has 1 heterocycles. The van der Waals surface area contributed by atoms with Crippen LogP contribution in [0, 0.1) is 0 Å².